The average molecular weight is 251 g/mol. The largest absolute Gasteiger partial charge is 0.325 e. The molecular weight excluding hydrogens is 234 g/mol. The molecular formula is C12H17N3OS. The van der Waals surface area contributed by atoms with Gasteiger partial charge in [0, 0.05) is 11.1 Å². The van der Waals surface area contributed by atoms with Gasteiger partial charge >= 0.3 is 6.03 Å². The van der Waals surface area contributed by atoms with Gasteiger partial charge in [-0.15, -0.1) is 11.3 Å². The van der Waals surface area contributed by atoms with Gasteiger partial charge in [0.2, 0.25) is 0 Å². The number of allylic oxidation sites excluding steroid dienone is 1. The normalized spacial score (nSPS) is 15.8. The quantitative estimate of drug-likeness (QED) is 0.866. The van der Waals surface area contributed by atoms with E-state index in [9.17, 15) is 4.79 Å². The van der Waals surface area contributed by atoms with Crippen LogP contribution in [0.25, 0.3) is 0 Å². The summed E-state index contributed by atoms with van der Waals surface area (Å²) in [6, 6.07) is -0.223. The third-order valence-electron chi connectivity index (χ3n) is 2.90. The molecule has 1 aliphatic carbocycles. The van der Waals surface area contributed by atoms with Crippen molar-refractivity contribution < 1.29 is 4.79 Å². The van der Waals surface area contributed by atoms with Gasteiger partial charge in [0.15, 0.2) is 5.13 Å². The summed E-state index contributed by atoms with van der Waals surface area (Å²) in [5.41, 5.74) is 2.21. The van der Waals surface area contributed by atoms with Crippen LogP contribution in [0.4, 0.5) is 9.93 Å². The Balaban J connectivity index is 1.86. The van der Waals surface area contributed by atoms with Crippen LogP contribution in [0.3, 0.4) is 0 Å². The molecule has 5 heteroatoms. The first-order valence-electron chi connectivity index (χ1n) is 5.74. The predicted octanol–water partition coefficient (Wildman–Crippen LogP) is 3.20. The third kappa shape index (κ3) is 3.30. The smallest absolute Gasteiger partial charge is 0.314 e. The van der Waals surface area contributed by atoms with Gasteiger partial charge in [0.1, 0.15) is 0 Å². The number of aryl methyl sites for hydroxylation is 2. The Kier molecular flexibility index (Phi) is 3.47. The highest BCUT2D eigenvalue weighted by Crippen LogP contribution is 2.35. The molecule has 4 nitrogen and oxygen atoms in total. The van der Waals surface area contributed by atoms with Gasteiger partial charge in [-0.25, -0.2) is 9.78 Å². The summed E-state index contributed by atoms with van der Waals surface area (Å²) in [5.74, 6) is 0.680. The molecule has 0 aromatic carbocycles. The molecule has 0 bridgehead atoms. The fraction of sp³-hybridized carbons (Fsp3) is 0.500. The van der Waals surface area contributed by atoms with Crippen LogP contribution in [0, 0.1) is 19.8 Å². The van der Waals surface area contributed by atoms with Crippen LogP contribution in [0.15, 0.2) is 11.8 Å². The molecule has 0 unspecified atom stereocenters. The zero-order chi connectivity index (χ0) is 12.4. The lowest BCUT2D eigenvalue weighted by Crippen LogP contribution is -2.24. The van der Waals surface area contributed by atoms with Gasteiger partial charge < -0.3 is 5.32 Å². The van der Waals surface area contributed by atoms with Crippen LogP contribution >= 0.6 is 11.3 Å². The SMILES string of the molecule is C/C(=C\NC(=O)Nc1nc(C)c(C)s1)C1CC1. The number of thiazole rings is 1. The molecule has 0 aliphatic heterocycles. The van der Waals surface area contributed by atoms with Crippen LogP contribution < -0.4 is 10.6 Å². The number of aromatic nitrogens is 1. The second-order valence-corrected chi connectivity index (χ2v) is 5.62. The number of carbonyl (C=O) groups excluding carboxylic acids is 1. The first-order chi connectivity index (χ1) is 8.06. The summed E-state index contributed by atoms with van der Waals surface area (Å²) in [5, 5.41) is 6.11. The van der Waals surface area contributed by atoms with Crippen molar-refractivity contribution in [2.24, 2.45) is 5.92 Å². The van der Waals surface area contributed by atoms with Gasteiger partial charge in [-0.05, 0) is 39.5 Å². The van der Waals surface area contributed by atoms with E-state index in [1.807, 2.05) is 13.8 Å². The van der Waals surface area contributed by atoms with E-state index < -0.39 is 0 Å². The molecule has 1 fully saturated rings. The minimum absolute atomic E-state index is 0.223. The summed E-state index contributed by atoms with van der Waals surface area (Å²) >= 11 is 1.49. The first-order valence-corrected chi connectivity index (χ1v) is 6.56. The molecule has 1 saturated carbocycles. The Bertz CT molecular complexity index is 441. The second kappa shape index (κ2) is 4.87. The Labute approximate surface area is 105 Å². The minimum Gasteiger partial charge on any atom is -0.314 e. The standard InChI is InChI=1S/C12H17N3OS/c1-7(10-4-5-10)6-13-11(16)15-12-14-8(2)9(3)17-12/h6,10H,4-5H2,1-3H3,(H2,13,14,15,16)/b7-6+. The Morgan fingerprint density at radius 2 is 2.18 bits per heavy atom. The number of hydrogen-bond donors (Lipinski definition) is 2. The van der Waals surface area contributed by atoms with Crippen molar-refractivity contribution in [3.05, 3.63) is 22.3 Å². The van der Waals surface area contributed by atoms with Crippen molar-refractivity contribution in [3.8, 4) is 0 Å². The number of nitrogens with zero attached hydrogens (tertiary/aromatic N) is 1. The highest BCUT2D eigenvalue weighted by molar-refractivity contribution is 7.15. The fourth-order valence-electron chi connectivity index (χ4n) is 1.50. The van der Waals surface area contributed by atoms with Gasteiger partial charge in [-0.1, -0.05) is 5.57 Å². The third-order valence-corrected chi connectivity index (χ3v) is 3.89. The number of hydrogen-bond acceptors (Lipinski definition) is 3. The van der Waals surface area contributed by atoms with Gasteiger partial charge in [0.05, 0.1) is 5.69 Å². The lowest BCUT2D eigenvalue weighted by atomic mass is 10.2. The monoisotopic (exact) mass is 251 g/mol. The number of carbonyl (C=O) groups is 1. The number of amides is 2. The molecule has 0 radical (unpaired) electrons. The van der Waals surface area contributed by atoms with Crippen molar-refractivity contribution in [1.82, 2.24) is 10.3 Å². The number of nitrogens with one attached hydrogen (secondary N) is 2. The predicted molar refractivity (Wildman–Crippen MR) is 70.2 cm³/mol. The van der Waals surface area contributed by atoms with Crippen LogP contribution in [0.2, 0.25) is 0 Å². The molecule has 1 aliphatic rings. The van der Waals surface area contributed by atoms with E-state index in [0.29, 0.717) is 11.0 Å². The molecule has 0 spiro atoms. The summed E-state index contributed by atoms with van der Waals surface area (Å²) in [6.07, 6.45) is 4.29. The van der Waals surface area contributed by atoms with Crippen LogP contribution in [0.1, 0.15) is 30.3 Å². The summed E-state index contributed by atoms with van der Waals surface area (Å²) in [7, 11) is 0. The molecule has 0 saturated heterocycles. The summed E-state index contributed by atoms with van der Waals surface area (Å²) in [4.78, 5) is 17.0. The first kappa shape index (κ1) is 12.1. The maximum atomic E-state index is 11.6. The van der Waals surface area contributed by atoms with Crippen LogP contribution in [0.5, 0.6) is 0 Å². The van der Waals surface area contributed by atoms with E-state index in [1.54, 1.807) is 6.20 Å². The molecule has 1 heterocycles. The molecule has 92 valence electrons. The maximum Gasteiger partial charge on any atom is 0.325 e. The molecule has 1 aromatic heterocycles. The summed E-state index contributed by atoms with van der Waals surface area (Å²) in [6.45, 7) is 5.98. The molecule has 17 heavy (non-hydrogen) atoms. The van der Waals surface area contributed by atoms with Crippen LogP contribution in [-0.4, -0.2) is 11.0 Å². The van der Waals surface area contributed by atoms with Gasteiger partial charge in [-0.2, -0.15) is 0 Å². The van der Waals surface area contributed by atoms with E-state index in [0.717, 1.165) is 10.6 Å². The zero-order valence-electron chi connectivity index (χ0n) is 10.3. The zero-order valence-corrected chi connectivity index (χ0v) is 11.1. The molecule has 2 N–H and O–H groups in total. The Morgan fingerprint density at radius 1 is 1.47 bits per heavy atom. The average Bonchev–Trinajstić information content (AvgIpc) is 3.05. The van der Waals surface area contributed by atoms with E-state index in [2.05, 4.69) is 22.5 Å². The van der Waals surface area contributed by atoms with E-state index in [4.69, 9.17) is 0 Å². The van der Waals surface area contributed by atoms with Crippen molar-refractivity contribution in [3.63, 3.8) is 0 Å². The van der Waals surface area contributed by atoms with Gasteiger partial charge in [-0.3, -0.25) is 5.32 Å². The maximum absolute atomic E-state index is 11.6. The fourth-order valence-corrected chi connectivity index (χ4v) is 2.30. The minimum atomic E-state index is -0.223. The number of rotatable bonds is 3. The highest BCUT2D eigenvalue weighted by atomic mass is 32.1. The lowest BCUT2D eigenvalue weighted by molar-refractivity contribution is 0.255. The molecule has 2 rings (SSSR count). The summed E-state index contributed by atoms with van der Waals surface area (Å²) < 4.78 is 0. The molecule has 2 amide bonds. The lowest BCUT2D eigenvalue weighted by Gasteiger charge is -2.02. The molecule has 1 aromatic rings. The van der Waals surface area contributed by atoms with E-state index >= 15 is 0 Å². The highest BCUT2D eigenvalue weighted by Gasteiger charge is 2.22. The Morgan fingerprint density at radius 3 is 2.71 bits per heavy atom. The number of anilines is 1. The van der Waals surface area contributed by atoms with Crippen molar-refractivity contribution in [2.75, 3.05) is 5.32 Å². The van der Waals surface area contributed by atoms with Crippen molar-refractivity contribution in [1.29, 1.82) is 0 Å². The van der Waals surface area contributed by atoms with E-state index in [-0.39, 0.29) is 6.03 Å². The topological polar surface area (TPSA) is 54.0 Å². The van der Waals surface area contributed by atoms with Crippen molar-refractivity contribution >= 4 is 22.5 Å². The molecule has 0 atom stereocenters. The number of urea groups is 1. The second-order valence-electron chi connectivity index (χ2n) is 4.42. The Hall–Kier alpha value is -1.36. The van der Waals surface area contributed by atoms with Crippen molar-refractivity contribution in [2.45, 2.75) is 33.6 Å². The van der Waals surface area contributed by atoms with Crippen LogP contribution in [-0.2, 0) is 0 Å². The van der Waals surface area contributed by atoms with E-state index in [1.165, 1.54) is 29.8 Å². The van der Waals surface area contributed by atoms with Gasteiger partial charge in [0.25, 0.3) is 0 Å².